The van der Waals surface area contributed by atoms with Crippen molar-refractivity contribution in [3.8, 4) is 17.0 Å². The predicted molar refractivity (Wildman–Crippen MR) is 158 cm³/mol. The largest absolute Gasteiger partial charge is 0.496 e. The van der Waals surface area contributed by atoms with E-state index in [0.29, 0.717) is 36.6 Å². The first-order valence-corrected chi connectivity index (χ1v) is 15.7. The first kappa shape index (κ1) is 28.8. The van der Waals surface area contributed by atoms with Crippen molar-refractivity contribution in [1.29, 1.82) is 0 Å². The van der Waals surface area contributed by atoms with Crippen LogP contribution in [0.4, 0.5) is 9.93 Å². The molecule has 0 spiro atoms. The fourth-order valence-electron chi connectivity index (χ4n) is 6.50. The van der Waals surface area contributed by atoms with Gasteiger partial charge in [-0.3, -0.25) is 15.0 Å². The third-order valence-corrected chi connectivity index (χ3v) is 9.47. The van der Waals surface area contributed by atoms with Crippen molar-refractivity contribution in [3.63, 3.8) is 0 Å². The molecule has 2 N–H and O–H groups in total. The van der Waals surface area contributed by atoms with E-state index in [2.05, 4.69) is 33.3 Å². The summed E-state index contributed by atoms with van der Waals surface area (Å²) in [5, 5.41) is 14.6. The number of nitrogens with one attached hydrogen (secondary N) is 1. The molecule has 218 valence electrons. The highest BCUT2D eigenvalue weighted by Gasteiger charge is 2.27. The van der Waals surface area contributed by atoms with E-state index in [0.717, 1.165) is 56.2 Å². The maximum absolute atomic E-state index is 13.0. The van der Waals surface area contributed by atoms with Crippen molar-refractivity contribution in [2.24, 2.45) is 5.92 Å². The summed E-state index contributed by atoms with van der Waals surface area (Å²) in [6, 6.07) is 6.38. The van der Waals surface area contributed by atoms with Crippen LogP contribution in [0.2, 0.25) is 0 Å². The molecule has 40 heavy (non-hydrogen) atoms. The highest BCUT2D eigenvalue weighted by Crippen LogP contribution is 2.38. The van der Waals surface area contributed by atoms with Crippen LogP contribution in [-0.4, -0.2) is 96.3 Å². The molecule has 0 bridgehead atoms. The number of urea groups is 1. The van der Waals surface area contributed by atoms with Crippen molar-refractivity contribution in [1.82, 2.24) is 19.7 Å². The molecule has 0 radical (unpaired) electrons. The number of piperidine rings is 1. The van der Waals surface area contributed by atoms with Gasteiger partial charge in [0, 0.05) is 56.8 Å². The van der Waals surface area contributed by atoms with Crippen LogP contribution in [-0.2, 0) is 4.79 Å². The summed E-state index contributed by atoms with van der Waals surface area (Å²) in [6.45, 7) is 6.70. The van der Waals surface area contributed by atoms with E-state index >= 15 is 0 Å². The minimum absolute atomic E-state index is 0.0963. The first-order chi connectivity index (χ1) is 19.5. The number of rotatable bonds is 9. The Morgan fingerprint density at radius 2 is 1.85 bits per heavy atom. The number of amides is 2. The summed E-state index contributed by atoms with van der Waals surface area (Å²) < 4.78 is 5.66. The van der Waals surface area contributed by atoms with E-state index < -0.39 is 5.97 Å². The monoisotopic (exact) mass is 569 g/mol. The molecule has 9 nitrogen and oxygen atoms in total. The summed E-state index contributed by atoms with van der Waals surface area (Å²) >= 11 is 1.45. The normalized spacial score (nSPS) is 21.3. The molecule has 5 rings (SSSR count). The number of aliphatic carboxylic acids is 1. The summed E-state index contributed by atoms with van der Waals surface area (Å²) in [4.78, 5) is 35.3. The molecule has 1 atom stereocenters. The zero-order valence-corrected chi connectivity index (χ0v) is 24.5. The summed E-state index contributed by atoms with van der Waals surface area (Å²) in [5.41, 5.74) is 3.18. The zero-order valence-electron chi connectivity index (χ0n) is 23.6. The molecule has 3 heterocycles. The Bertz CT molecular complexity index is 1140. The molecule has 2 aromatic rings. The third-order valence-electron chi connectivity index (χ3n) is 8.72. The zero-order chi connectivity index (χ0) is 27.9. The Morgan fingerprint density at radius 3 is 2.60 bits per heavy atom. The van der Waals surface area contributed by atoms with Gasteiger partial charge < -0.3 is 19.6 Å². The third kappa shape index (κ3) is 7.53. The molecule has 10 heteroatoms. The highest BCUT2D eigenvalue weighted by atomic mass is 32.1. The topological polar surface area (TPSA) is 98.2 Å². The smallest absolute Gasteiger partial charge is 0.323 e. The van der Waals surface area contributed by atoms with Crippen molar-refractivity contribution in [3.05, 3.63) is 29.1 Å². The molecule has 1 unspecified atom stereocenters. The Labute approximate surface area is 241 Å². The Balaban J connectivity index is 1.12. The van der Waals surface area contributed by atoms with Crippen molar-refractivity contribution in [2.75, 3.05) is 64.8 Å². The highest BCUT2D eigenvalue weighted by molar-refractivity contribution is 7.14. The minimum atomic E-state index is -0.728. The van der Waals surface area contributed by atoms with E-state index in [9.17, 15) is 9.59 Å². The van der Waals surface area contributed by atoms with Gasteiger partial charge in [0.05, 0.1) is 19.2 Å². The number of likely N-dealkylation sites (tertiary alicyclic amines) is 1. The molecule has 1 aliphatic carbocycles. The number of ether oxygens (including phenoxy) is 1. The second kappa shape index (κ2) is 13.8. The maximum Gasteiger partial charge on any atom is 0.323 e. The molecule has 3 aliphatic rings. The molecule has 1 aromatic heterocycles. The summed E-state index contributed by atoms with van der Waals surface area (Å²) in [7, 11) is 1.69. The average molecular weight is 570 g/mol. The minimum Gasteiger partial charge on any atom is -0.496 e. The van der Waals surface area contributed by atoms with Crippen LogP contribution < -0.4 is 10.1 Å². The van der Waals surface area contributed by atoms with Crippen LogP contribution in [0.25, 0.3) is 11.3 Å². The average Bonchev–Trinajstić information content (AvgIpc) is 3.45. The molecule has 2 aliphatic heterocycles. The number of carbonyl (C=O) groups excluding carboxylic acids is 1. The van der Waals surface area contributed by atoms with Gasteiger partial charge in [0.15, 0.2) is 5.13 Å². The number of benzene rings is 1. The van der Waals surface area contributed by atoms with E-state index in [1.165, 1.54) is 55.4 Å². The lowest BCUT2D eigenvalue weighted by Crippen LogP contribution is -2.52. The Hall–Kier alpha value is -2.69. The van der Waals surface area contributed by atoms with Gasteiger partial charge >= 0.3 is 12.0 Å². The molecular weight excluding hydrogens is 526 g/mol. The molecule has 2 amide bonds. The van der Waals surface area contributed by atoms with E-state index in [1.807, 2.05) is 10.3 Å². The maximum atomic E-state index is 13.0. The fraction of sp³-hybridized carbons (Fsp3) is 0.633. The number of methoxy groups -OCH3 is 1. The summed E-state index contributed by atoms with van der Waals surface area (Å²) in [5.74, 6) is 1.24. The number of piperazine rings is 1. The predicted octanol–water partition coefficient (Wildman–Crippen LogP) is 5.20. The Kier molecular flexibility index (Phi) is 9.93. The lowest BCUT2D eigenvalue weighted by Gasteiger charge is -2.39. The van der Waals surface area contributed by atoms with Crippen LogP contribution in [0, 0.1) is 5.92 Å². The number of nitrogens with zero attached hydrogens (tertiary/aromatic N) is 4. The number of hydrogen-bond donors (Lipinski definition) is 2. The second-order valence-corrected chi connectivity index (χ2v) is 12.4. The lowest BCUT2D eigenvalue weighted by molar-refractivity contribution is -0.137. The van der Waals surface area contributed by atoms with E-state index in [-0.39, 0.29) is 12.5 Å². The fourth-order valence-corrected chi connectivity index (χ4v) is 7.20. The van der Waals surface area contributed by atoms with Crippen LogP contribution in [0.15, 0.2) is 23.6 Å². The number of anilines is 1. The molecule has 3 fully saturated rings. The van der Waals surface area contributed by atoms with Crippen LogP contribution >= 0.6 is 11.3 Å². The van der Waals surface area contributed by atoms with Crippen LogP contribution in [0.5, 0.6) is 5.75 Å². The van der Waals surface area contributed by atoms with Gasteiger partial charge in [-0.2, -0.15) is 0 Å². The quantitative estimate of drug-likeness (QED) is 0.428. The first-order valence-electron chi connectivity index (χ1n) is 14.8. The van der Waals surface area contributed by atoms with Gasteiger partial charge in [-0.05, 0) is 61.8 Å². The number of thiazole rings is 1. The number of carbonyl (C=O) groups is 2. The van der Waals surface area contributed by atoms with E-state index in [1.54, 1.807) is 7.11 Å². The molecule has 1 aromatic carbocycles. The second-order valence-electron chi connectivity index (χ2n) is 11.5. The van der Waals surface area contributed by atoms with Crippen LogP contribution in [0.3, 0.4) is 0 Å². The number of hydrogen-bond acceptors (Lipinski definition) is 7. The Morgan fingerprint density at radius 1 is 1.05 bits per heavy atom. The standard InChI is InChI=1S/C30H43N5O4S/c1-39-27-10-9-24(23-7-3-2-4-8-23)18-25(27)26-21-40-29(31-26)32-30(38)35-16-14-34(15-17-35)20-22-6-5-12-33(19-22)13-11-28(36)37/h9-10,18,21-23H,2-8,11-17,19-20H2,1H3,(H,36,37)(H,31,32,38). The van der Waals surface area contributed by atoms with Gasteiger partial charge in [0.1, 0.15) is 5.75 Å². The molecule has 2 saturated heterocycles. The number of carboxylic acid groups (broad SMARTS) is 1. The van der Waals surface area contributed by atoms with Gasteiger partial charge in [-0.15, -0.1) is 11.3 Å². The number of carboxylic acids is 1. The number of aromatic nitrogens is 1. The summed E-state index contributed by atoms with van der Waals surface area (Å²) in [6.07, 6.45) is 8.92. The molecular formula is C30H43N5O4S. The van der Waals surface area contributed by atoms with Crippen molar-refractivity contribution < 1.29 is 19.4 Å². The van der Waals surface area contributed by atoms with Crippen LogP contribution in [0.1, 0.15) is 62.8 Å². The van der Waals surface area contributed by atoms with Crippen molar-refractivity contribution in [2.45, 2.75) is 57.3 Å². The van der Waals surface area contributed by atoms with E-state index in [4.69, 9.17) is 14.8 Å². The lowest BCUT2D eigenvalue weighted by atomic mass is 9.83. The molecule has 1 saturated carbocycles. The van der Waals surface area contributed by atoms with Gasteiger partial charge in [-0.1, -0.05) is 25.3 Å². The van der Waals surface area contributed by atoms with Crippen molar-refractivity contribution >= 4 is 28.5 Å². The SMILES string of the molecule is COc1ccc(C2CCCCC2)cc1-c1csc(NC(=O)N2CCN(CC3CCCN(CCC(=O)O)C3)CC2)n1. The van der Waals surface area contributed by atoms with Gasteiger partial charge in [-0.25, -0.2) is 9.78 Å². The van der Waals surface area contributed by atoms with Gasteiger partial charge in [0.2, 0.25) is 0 Å². The van der Waals surface area contributed by atoms with Gasteiger partial charge in [0.25, 0.3) is 0 Å².